The van der Waals surface area contributed by atoms with Crippen molar-refractivity contribution in [1.82, 2.24) is 10.2 Å². The number of likely N-dealkylation sites (tertiary alicyclic amines) is 1. The predicted molar refractivity (Wildman–Crippen MR) is 57.2 cm³/mol. The Kier molecular flexibility index (Phi) is 3.10. The molecule has 4 unspecified atom stereocenters. The van der Waals surface area contributed by atoms with Gasteiger partial charge in [0.1, 0.15) is 0 Å². The average molecular weight is 198 g/mol. The van der Waals surface area contributed by atoms with E-state index in [0.29, 0.717) is 6.04 Å². The molecule has 2 aliphatic rings. The standard InChI is InChI=1S/C11H22N2O/c1-8(9(2)14)13-6-4-11-10(7-13)3-5-12-11/h8-12,14H,3-7H2,1-2H3. The number of nitrogens with zero attached hydrogens (tertiary/aromatic N) is 1. The van der Waals surface area contributed by atoms with Crippen LogP contribution in [0.1, 0.15) is 26.7 Å². The van der Waals surface area contributed by atoms with Gasteiger partial charge in [-0.05, 0) is 39.2 Å². The van der Waals surface area contributed by atoms with Gasteiger partial charge in [-0.1, -0.05) is 0 Å². The molecule has 2 heterocycles. The second-order valence-electron chi connectivity index (χ2n) is 4.87. The van der Waals surface area contributed by atoms with Crippen molar-refractivity contribution in [2.75, 3.05) is 19.6 Å². The maximum atomic E-state index is 9.56. The van der Waals surface area contributed by atoms with Gasteiger partial charge in [0, 0.05) is 25.2 Å². The molecule has 0 aromatic heterocycles. The largest absolute Gasteiger partial charge is 0.392 e. The molecule has 2 fully saturated rings. The monoisotopic (exact) mass is 198 g/mol. The van der Waals surface area contributed by atoms with Crippen LogP contribution < -0.4 is 5.32 Å². The van der Waals surface area contributed by atoms with Gasteiger partial charge in [0.05, 0.1) is 6.10 Å². The minimum Gasteiger partial charge on any atom is -0.392 e. The lowest BCUT2D eigenvalue weighted by Gasteiger charge is -2.39. The summed E-state index contributed by atoms with van der Waals surface area (Å²) in [6.45, 7) is 7.52. The van der Waals surface area contributed by atoms with Crippen LogP contribution in [0.5, 0.6) is 0 Å². The lowest BCUT2D eigenvalue weighted by atomic mass is 9.92. The highest BCUT2D eigenvalue weighted by atomic mass is 16.3. The Morgan fingerprint density at radius 1 is 1.36 bits per heavy atom. The molecule has 0 spiro atoms. The van der Waals surface area contributed by atoms with Crippen LogP contribution in [0, 0.1) is 5.92 Å². The molecule has 2 aliphatic heterocycles. The summed E-state index contributed by atoms with van der Waals surface area (Å²) in [7, 11) is 0. The minimum atomic E-state index is -0.207. The van der Waals surface area contributed by atoms with E-state index in [9.17, 15) is 5.11 Å². The molecule has 3 heteroatoms. The highest BCUT2D eigenvalue weighted by Gasteiger charge is 2.34. The number of fused-ring (bicyclic) bond motifs is 1. The maximum absolute atomic E-state index is 9.56. The first-order chi connectivity index (χ1) is 6.68. The molecule has 14 heavy (non-hydrogen) atoms. The van der Waals surface area contributed by atoms with Crippen molar-refractivity contribution in [1.29, 1.82) is 0 Å². The second kappa shape index (κ2) is 4.17. The van der Waals surface area contributed by atoms with E-state index >= 15 is 0 Å². The van der Waals surface area contributed by atoms with Crippen LogP contribution in [0.4, 0.5) is 0 Å². The lowest BCUT2D eigenvalue weighted by Crippen LogP contribution is -2.50. The number of piperidine rings is 1. The molecule has 3 nitrogen and oxygen atoms in total. The van der Waals surface area contributed by atoms with Crippen molar-refractivity contribution in [3.8, 4) is 0 Å². The Hall–Kier alpha value is -0.120. The van der Waals surface area contributed by atoms with Gasteiger partial charge in [0.2, 0.25) is 0 Å². The Morgan fingerprint density at radius 2 is 2.14 bits per heavy atom. The van der Waals surface area contributed by atoms with Crippen LogP contribution in [0.3, 0.4) is 0 Å². The van der Waals surface area contributed by atoms with E-state index in [-0.39, 0.29) is 6.10 Å². The molecule has 2 rings (SSSR count). The van der Waals surface area contributed by atoms with Crippen LogP contribution in [0.15, 0.2) is 0 Å². The zero-order valence-corrected chi connectivity index (χ0v) is 9.24. The van der Waals surface area contributed by atoms with E-state index in [4.69, 9.17) is 0 Å². The molecule has 2 N–H and O–H groups in total. The number of rotatable bonds is 2. The van der Waals surface area contributed by atoms with Crippen molar-refractivity contribution < 1.29 is 5.11 Å². The van der Waals surface area contributed by atoms with Gasteiger partial charge in [-0.3, -0.25) is 4.90 Å². The molecule has 0 aromatic carbocycles. The smallest absolute Gasteiger partial charge is 0.0664 e. The number of nitrogens with one attached hydrogen (secondary N) is 1. The molecule has 0 amide bonds. The third-order valence-electron chi connectivity index (χ3n) is 3.96. The number of hydrogen-bond acceptors (Lipinski definition) is 3. The van der Waals surface area contributed by atoms with Crippen LogP contribution in [0.2, 0.25) is 0 Å². The van der Waals surface area contributed by atoms with Gasteiger partial charge < -0.3 is 10.4 Å². The second-order valence-corrected chi connectivity index (χ2v) is 4.87. The van der Waals surface area contributed by atoms with Crippen molar-refractivity contribution >= 4 is 0 Å². The van der Waals surface area contributed by atoms with Gasteiger partial charge in [-0.25, -0.2) is 0 Å². The van der Waals surface area contributed by atoms with E-state index < -0.39 is 0 Å². The first kappa shape index (κ1) is 10.4. The lowest BCUT2D eigenvalue weighted by molar-refractivity contribution is 0.0401. The average Bonchev–Trinajstić information content (AvgIpc) is 2.62. The van der Waals surface area contributed by atoms with Crippen molar-refractivity contribution in [2.45, 2.75) is 44.9 Å². The zero-order chi connectivity index (χ0) is 10.1. The summed E-state index contributed by atoms with van der Waals surface area (Å²) in [6.07, 6.45) is 2.36. The molecule has 0 saturated carbocycles. The summed E-state index contributed by atoms with van der Waals surface area (Å²) < 4.78 is 0. The summed E-state index contributed by atoms with van der Waals surface area (Å²) >= 11 is 0. The highest BCUT2D eigenvalue weighted by molar-refractivity contribution is 4.92. The van der Waals surface area contributed by atoms with Crippen LogP contribution in [-0.4, -0.2) is 47.8 Å². The molecular weight excluding hydrogens is 176 g/mol. The van der Waals surface area contributed by atoms with E-state index in [2.05, 4.69) is 17.1 Å². The Bertz CT molecular complexity index is 196. The van der Waals surface area contributed by atoms with Gasteiger partial charge in [0.25, 0.3) is 0 Å². The van der Waals surface area contributed by atoms with Crippen LogP contribution in [0.25, 0.3) is 0 Å². The zero-order valence-electron chi connectivity index (χ0n) is 9.24. The fraction of sp³-hybridized carbons (Fsp3) is 1.00. The van der Waals surface area contributed by atoms with E-state index in [1.165, 1.54) is 25.9 Å². The van der Waals surface area contributed by atoms with Crippen molar-refractivity contribution in [2.24, 2.45) is 5.92 Å². The molecule has 0 bridgehead atoms. The fourth-order valence-corrected chi connectivity index (χ4v) is 2.75. The first-order valence-corrected chi connectivity index (χ1v) is 5.84. The summed E-state index contributed by atoms with van der Waals surface area (Å²) in [5.74, 6) is 0.824. The van der Waals surface area contributed by atoms with Crippen molar-refractivity contribution in [3.05, 3.63) is 0 Å². The van der Waals surface area contributed by atoms with Crippen LogP contribution >= 0.6 is 0 Å². The Morgan fingerprint density at radius 3 is 2.86 bits per heavy atom. The molecular formula is C11H22N2O. The Balaban J connectivity index is 1.91. The summed E-state index contributed by atoms with van der Waals surface area (Å²) in [6, 6.07) is 1.07. The van der Waals surface area contributed by atoms with Gasteiger partial charge in [-0.15, -0.1) is 0 Å². The SMILES string of the molecule is CC(O)C(C)N1CCC2NCCC2C1. The Labute approximate surface area is 86.5 Å². The molecule has 82 valence electrons. The summed E-state index contributed by atoms with van der Waals surface area (Å²) in [4.78, 5) is 2.44. The number of hydrogen-bond donors (Lipinski definition) is 2. The molecule has 0 aliphatic carbocycles. The molecule has 0 radical (unpaired) electrons. The predicted octanol–water partition coefficient (Wildman–Crippen LogP) is 0.439. The van der Waals surface area contributed by atoms with E-state index in [1.54, 1.807) is 0 Å². The fourth-order valence-electron chi connectivity index (χ4n) is 2.75. The normalized spacial score (nSPS) is 37.9. The third-order valence-corrected chi connectivity index (χ3v) is 3.96. The van der Waals surface area contributed by atoms with Gasteiger partial charge >= 0.3 is 0 Å². The summed E-state index contributed by atoms with van der Waals surface area (Å²) in [5.41, 5.74) is 0. The van der Waals surface area contributed by atoms with Gasteiger partial charge in [0.15, 0.2) is 0 Å². The molecule has 0 aromatic rings. The van der Waals surface area contributed by atoms with E-state index in [0.717, 1.165) is 18.5 Å². The highest BCUT2D eigenvalue weighted by Crippen LogP contribution is 2.26. The number of aliphatic hydroxyl groups is 1. The summed E-state index contributed by atoms with van der Waals surface area (Å²) in [5, 5.41) is 13.1. The van der Waals surface area contributed by atoms with Crippen LogP contribution in [-0.2, 0) is 0 Å². The third kappa shape index (κ3) is 1.95. The molecule has 4 atom stereocenters. The first-order valence-electron chi connectivity index (χ1n) is 5.84. The van der Waals surface area contributed by atoms with Gasteiger partial charge in [-0.2, -0.15) is 0 Å². The topological polar surface area (TPSA) is 35.5 Å². The molecule has 2 saturated heterocycles. The maximum Gasteiger partial charge on any atom is 0.0664 e. The minimum absolute atomic E-state index is 0.207. The van der Waals surface area contributed by atoms with E-state index in [1.807, 2.05) is 6.92 Å². The quantitative estimate of drug-likeness (QED) is 0.676. The number of aliphatic hydroxyl groups excluding tert-OH is 1. The van der Waals surface area contributed by atoms with Crippen molar-refractivity contribution in [3.63, 3.8) is 0 Å².